The van der Waals surface area contributed by atoms with Crippen LogP contribution in [0, 0.1) is 0 Å². The molecule has 1 N–H and O–H groups in total. The van der Waals surface area contributed by atoms with E-state index in [1.54, 1.807) is 28.3 Å². The second-order valence-corrected chi connectivity index (χ2v) is 4.22. The fourth-order valence-electron chi connectivity index (χ4n) is 2.32. The summed E-state index contributed by atoms with van der Waals surface area (Å²) in [6, 6.07) is 0. The van der Waals surface area contributed by atoms with Gasteiger partial charge in [0.25, 0.3) is 0 Å². The van der Waals surface area contributed by atoms with E-state index in [9.17, 15) is 5.11 Å². The highest BCUT2D eigenvalue weighted by Gasteiger charge is 2.52. The molecule has 102 valence electrons. The zero-order valence-electron chi connectivity index (χ0n) is 11.0. The molecule has 1 fully saturated rings. The van der Waals surface area contributed by atoms with E-state index < -0.39 is 24.1 Å². The van der Waals surface area contributed by atoms with Gasteiger partial charge in [-0.3, -0.25) is 0 Å². The maximum Gasteiger partial charge on any atom is 0.192 e. The van der Waals surface area contributed by atoms with E-state index in [0.29, 0.717) is 6.61 Å². The highest BCUT2D eigenvalue weighted by Crippen LogP contribution is 2.32. The molecule has 0 unspecified atom stereocenters. The largest absolute Gasteiger partial charge is 0.382 e. The Morgan fingerprint density at radius 3 is 2.06 bits per heavy atom. The van der Waals surface area contributed by atoms with Crippen LogP contribution in [-0.4, -0.2) is 70.4 Å². The van der Waals surface area contributed by atoms with Crippen molar-refractivity contribution in [3.05, 3.63) is 0 Å². The lowest BCUT2D eigenvalue weighted by Crippen LogP contribution is -2.65. The van der Waals surface area contributed by atoms with Crippen molar-refractivity contribution >= 4 is 0 Å². The Hall–Kier alpha value is -0.240. The molecule has 0 amide bonds. The minimum absolute atomic E-state index is 0.310. The zero-order valence-corrected chi connectivity index (χ0v) is 11.0. The van der Waals surface area contributed by atoms with Gasteiger partial charge in [-0.15, -0.1) is 0 Å². The van der Waals surface area contributed by atoms with Crippen LogP contribution in [0.3, 0.4) is 0 Å². The average molecular weight is 250 g/mol. The third-order valence-corrected chi connectivity index (χ3v) is 3.04. The number of aliphatic hydroxyl groups is 1. The second kappa shape index (κ2) is 6.08. The van der Waals surface area contributed by atoms with Crippen molar-refractivity contribution in [1.29, 1.82) is 0 Å². The van der Waals surface area contributed by atoms with E-state index in [2.05, 4.69) is 0 Å². The van der Waals surface area contributed by atoms with E-state index in [1.807, 2.05) is 0 Å². The van der Waals surface area contributed by atoms with Crippen molar-refractivity contribution < 1.29 is 28.8 Å². The number of rotatable bonds is 5. The van der Waals surface area contributed by atoms with Crippen LogP contribution in [0.15, 0.2) is 0 Å². The Morgan fingerprint density at radius 2 is 1.65 bits per heavy atom. The Kier molecular flexibility index (Phi) is 5.30. The molecule has 0 radical (unpaired) electrons. The van der Waals surface area contributed by atoms with Crippen molar-refractivity contribution in [3.8, 4) is 0 Å². The highest BCUT2D eigenvalue weighted by molar-refractivity contribution is 4.96. The molecule has 1 rings (SSSR count). The summed E-state index contributed by atoms with van der Waals surface area (Å²) in [6.07, 6.45) is -1.80. The van der Waals surface area contributed by atoms with Gasteiger partial charge < -0.3 is 28.8 Å². The summed E-state index contributed by atoms with van der Waals surface area (Å²) in [5.41, 5.74) is 0. The summed E-state index contributed by atoms with van der Waals surface area (Å²) in [5, 5.41) is 10.2. The van der Waals surface area contributed by atoms with Crippen LogP contribution >= 0.6 is 0 Å². The normalized spacial score (nSPS) is 42.7. The second-order valence-electron chi connectivity index (χ2n) is 4.22. The van der Waals surface area contributed by atoms with Crippen LogP contribution in [0.4, 0.5) is 0 Å². The molecule has 0 aliphatic carbocycles. The molecule has 0 aromatic heterocycles. The molecule has 1 aliphatic heterocycles. The van der Waals surface area contributed by atoms with Crippen molar-refractivity contribution in [2.45, 2.75) is 37.1 Å². The Morgan fingerprint density at radius 1 is 1.06 bits per heavy atom. The first-order valence-corrected chi connectivity index (χ1v) is 5.49. The average Bonchev–Trinajstić information content (AvgIpc) is 2.27. The molecule has 0 bridgehead atoms. The molecule has 6 nitrogen and oxygen atoms in total. The lowest BCUT2D eigenvalue weighted by Gasteiger charge is -2.47. The van der Waals surface area contributed by atoms with Gasteiger partial charge in [0, 0.05) is 28.4 Å². The first kappa shape index (κ1) is 14.8. The quantitative estimate of drug-likeness (QED) is 0.728. The van der Waals surface area contributed by atoms with Gasteiger partial charge in [-0.2, -0.15) is 0 Å². The third kappa shape index (κ3) is 2.96. The highest BCUT2D eigenvalue weighted by atomic mass is 16.7. The van der Waals surface area contributed by atoms with E-state index in [4.69, 9.17) is 23.7 Å². The predicted octanol–water partition coefficient (Wildman–Crippen LogP) is -0.215. The first-order valence-electron chi connectivity index (χ1n) is 5.49. The third-order valence-electron chi connectivity index (χ3n) is 3.04. The molecule has 1 aliphatic rings. The topological polar surface area (TPSA) is 66.4 Å². The molecular formula is C11H22O6. The molecule has 17 heavy (non-hydrogen) atoms. The monoisotopic (exact) mass is 250 g/mol. The summed E-state index contributed by atoms with van der Waals surface area (Å²) in [6.45, 7) is 1.85. The molecular weight excluding hydrogens is 228 g/mol. The number of methoxy groups -OCH3 is 4. The van der Waals surface area contributed by atoms with Crippen molar-refractivity contribution in [2.24, 2.45) is 0 Å². The molecule has 0 spiro atoms. The van der Waals surface area contributed by atoms with Crippen LogP contribution < -0.4 is 0 Å². The minimum atomic E-state index is -1.44. The zero-order chi connectivity index (χ0) is 13.1. The summed E-state index contributed by atoms with van der Waals surface area (Å²) in [7, 11) is 6.18. The standard InChI is InChI=1S/C11H22O6/c1-11(12)10(16-5)9(15-4)8(14-3)7(17-11)6-13-2/h7-10,12H,6H2,1-5H3/t7-,8-,9+,10+,11+/m1/s1. The van der Waals surface area contributed by atoms with Crippen molar-refractivity contribution in [3.63, 3.8) is 0 Å². The predicted molar refractivity (Wildman–Crippen MR) is 59.8 cm³/mol. The molecule has 1 saturated heterocycles. The SMILES string of the molecule is COC[C@H]1O[C@](C)(O)[C@@H](OC)[C@@H](OC)[C@@H]1OC. The van der Waals surface area contributed by atoms with Gasteiger partial charge in [0.1, 0.15) is 24.4 Å². The summed E-state index contributed by atoms with van der Waals surface area (Å²) >= 11 is 0. The minimum Gasteiger partial charge on any atom is -0.382 e. The number of hydrogen-bond acceptors (Lipinski definition) is 6. The Bertz CT molecular complexity index is 232. The summed E-state index contributed by atoms with van der Waals surface area (Å²) in [5.74, 6) is -1.44. The molecule has 6 heteroatoms. The smallest absolute Gasteiger partial charge is 0.192 e. The van der Waals surface area contributed by atoms with Crippen LogP contribution in [0.2, 0.25) is 0 Å². The van der Waals surface area contributed by atoms with E-state index in [1.165, 1.54) is 7.11 Å². The number of hydrogen-bond donors (Lipinski definition) is 1. The maximum absolute atomic E-state index is 10.2. The van der Waals surface area contributed by atoms with Gasteiger partial charge in [0.15, 0.2) is 5.79 Å². The van der Waals surface area contributed by atoms with E-state index >= 15 is 0 Å². The van der Waals surface area contributed by atoms with Gasteiger partial charge in [-0.05, 0) is 6.92 Å². The summed E-state index contributed by atoms with van der Waals surface area (Å²) in [4.78, 5) is 0. The van der Waals surface area contributed by atoms with E-state index in [0.717, 1.165) is 0 Å². The van der Waals surface area contributed by atoms with Gasteiger partial charge in [0.2, 0.25) is 0 Å². The van der Waals surface area contributed by atoms with Gasteiger partial charge in [-0.25, -0.2) is 0 Å². The fourth-order valence-corrected chi connectivity index (χ4v) is 2.32. The Balaban J connectivity index is 2.93. The maximum atomic E-state index is 10.2. The molecule has 0 aromatic rings. The summed E-state index contributed by atoms with van der Waals surface area (Å²) < 4.78 is 26.6. The van der Waals surface area contributed by atoms with Crippen LogP contribution in [0.1, 0.15) is 6.92 Å². The first-order chi connectivity index (χ1) is 8.01. The van der Waals surface area contributed by atoms with Crippen molar-refractivity contribution in [1.82, 2.24) is 0 Å². The lowest BCUT2D eigenvalue weighted by molar-refractivity contribution is -0.351. The van der Waals surface area contributed by atoms with Gasteiger partial charge >= 0.3 is 0 Å². The van der Waals surface area contributed by atoms with Crippen LogP contribution in [0.25, 0.3) is 0 Å². The molecule has 0 saturated carbocycles. The fraction of sp³-hybridized carbons (Fsp3) is 1.00. The van der Waals surface area contributed by atoms with Gasteiger partial charge in [-0.1, -0.05) is 0 Å². The molecule has 5 atom stereocenters. The molecule has 1 heterocycles. The lowest BCUT2D eigenvalue weighted by atomic mass is 9.93. The van der Waals surface area contributed by atoms with E-state index in [-0.39, 0.29) is 6.10 Å². The molecule has 0 aromatic carbocycles. The van der Waals surface area contributed by atoms with Gasteiger partial charge in [0.05, 0.1) is 6.61 Å². The van der Waals surface area contributed by atoms with Crippen LogP contribution in [-0.2, 0) is 23.7 Å². The Labute approximate surface area is 102 Å². The van der Waals surface area contributed by atoms with Crippen LogP contribution in [0.5, 0.6) is 0 Å². The number of ether oxygens (including phenoxy) is 5. The van der Waals surface area contributed by atoms with Crippen molar-refractivity contribution in [2.75, 3.05) is 35.0 Å².